The number of nitrogens with one attached hydrogen (secondary N) is 1. The van der Waals surface area contributed by atoms with Crippen LogP contribution in [-0.4, -0.2) is 52.7 Å². The lowest BCUT2D eigenvalue weighted by atomic mass is 10.0. The summed E-state index contributed by atoms with van der Waals surface area (Å²) < 4.78 is 21.4. The average Bonchev–Trinajstić information content (AvgIpc) is 2.87. The Morgan fingerprint density at radius 2 is 1.57 bits per heavy atom. The Kier molecular flexibility index (Phi) is 10.6. The molecule has 9 heteroatoms. The van der Waals surface area contributed by atoms with E-state index >= 15 is 0 Å². The van der Waals surface area contributed by atoms with Gasteiger partial charge in [-0.2, -0.15) is 0 Å². The SMILES string of the molecule is COc1ccc(/C=C(\C)C(=O)c2cc(OC)c(OC)c(OC)c2)cc1NC(=O)C(N)CCCCN. The van der Waals surface area contributed by atoms with Crippen LogP contribution in [0.25, 0.3) is 6.08 Å². The van der Waals surface area contributed by atoms with Crippen molar-refractivity contribution in [2.24, 2.45) is 11.5 Å². The molecule has 0 heterocycles. The summed E-state index contributed by atoms with van der Waals surface area (Å²) in [6.45, 7) is 2.27. The molecular formula is C26H35N3O6. The van der Waals surface area contributed by atoms with Gasteiger partial charge in [0.05, 0.1) is 40.2 Å². The van der Waals surface area contributed by atoms with Gasteiger partial charge in [-0.05, 0) is 67.8 Å². The van der Waals surface area contributed by atoms with Gasteiger partial charge in [-0.15, -0.1) is 0 Å². The number of ketones is 1. The third-order valence-electron chi connectivity index (χ3n) is 5.46. The molecule has 0 radical (unpaired) electrons. The topological polar surface area (TPSA) is 135 Å². The van der Waals surface area contributed by atoms with Gasteiger partial charge in [-0.1, -0.05) is 12.5 Å². The van der Waals surface area contributed by atoms with Gasteiger partial charge in [0.2, 0.25) is 11.7 Å². The molecule has 0 fully saturated rings. The Labute approximate surface area is 206 Å². The van der Waals surface area contributed by atoms with Gasteiger partial charge in [0.25, 0.3) is 0 Å². The van der Waals surface area contributed by atoms with Gasteiger partial charge in [-0.25, -0.2) is 0 Å². The van der Waals surface area contributed by atoms with Crippen molar-refractivity contribution in [3.05, 3.63) is 47.0 Å². The molecule has 1 amide bonds. The molecular weight excluding hydrogens is 450 g/mol. The van der Waals surface area contributed by atoms with Gasteiger partial charge in [0.1, 0.15) is 5.75 Å². The average molecular weight is 486 g/mol. The molecule has 1 unspecified atom stereocenters. The second kappa shape index (κ2) is 13.4. The first-order valence-corrected chi connectivity index (χ1v) is 11.3. The lowest BCUT2D eigenvalue weighted by molar-refractivity contribution is -0.117. The molecule has 2 aromatic carbocycles. The predicted octanol–water partition coefficient (Wildman–Crippen LogP) is 3.40. The molecule has 0 spiro atoms. The Morgan fingerprint density at radius 1 is 0.943 bits per heavy atom. The second-order valence-electron chi connectivity index (χ2n) is 7.91. The van der Waals surface area contributed by atoms with Crippen LogP contribution >= 0.6 is 0 Å². The van der Waals surface area contributed by atoms with Crippen molar-refractivity contribution in [1.82, 2.24) is 0 Å². The van der Waals surface area contributed by atoms with E-state index in [4.69, 9.17) is 30.4 Å². The number of rotatable bonds is 13. The Balaban J connectivity index is 2.30. The largest absolute Gasteiger partial charge is 0.495 e. The maximum absolute atomic E-state index is 13.1. The number of ether oxygens (including phenoxy) is 4. The van der Waals surface area contributed by atoms with E-state index in [1.54, 1.807) is 43.3 Å². The number of allylic oxidation sites excluding steroid dienone is 1. The second-order valence-corrected chi connectivity index (χ2v) is 7.91. The molecule has 2 aromatic rings. The number of nitrogens with two attached hydrogens (primary N) is 2. The Morgan fingerprint density at radius 3 is 2.11 bits per heavy atom. The number of hydrogen-bond acceptors (Lipinski definition) is 8. The quantitative estimate of drug-likeness (QED) is 0.223. The van der Waals surface area contributed by atoms with Crippen molar-refractivity contribution in [2.75, 3.05) is 40.3 Å². The summed E-state index contributed by atoms with van der Waals surface area (Å²) in [6.07, 6.45) is 3.84. The van der Waals surface area contributed by atoms with E-state index in [2.05, 4.69) is 5.32 Å². The number of unbranched alkanes of at least 4 members (excludes halogenated alkanes) is 1. The van der Waals surface area contributed by atoms with E-state index in [0.717, 1.165) is 12.8 Å². The van der Waals surface area contributed by atoms with Crippen LogP contribution in [-0.2, 0) is 4.79 Å². The molecule has 0 aromatic heterocycles. The predicted molar refractivity (Wildman–Crippen MR) is 137 cm³/mol. The molecule has 9 nitrogen and oxygen atoms in total. The zero-order valence-electron chi connectivity index (χ0n) is 21.0. The highest BCUT2D eigenvalue weighted by atomic mass is 16.5. The highest BCUT2D eigenvalue weighted by Gasteiger charge is 2.19. The molecule has 2 rings (SSSR count). The Bertz CT molecular complexity index is 1040. The van der Waals surface area contributed by atoms with Crippen molar-refractivity contribution in [1.29, 1.82) is 0 Å². The van der Waals surface area contributed by atoms with Crippen molar-refractivity contribution in [3.8, 4) is 23.0 Å². The smallest absolute Gasteiger partial charge is 0.241 e. The van der Waals surface area contributed by atoms with Crippen LogP contribution in [0, 0.1) is 0 Å². The maximum atomic E-state index is 13.1. The lowest BCUT2D eigenvalue weighted by Gasteiger charge is -2.15. The zero-order valence-corrected chi connectivity index (χ0v) is 21.0. The standard InChI is InChI=1S/C26H35N3O6/c1-16(24(30)18-14-22(33-3)25(35-5)23(15-18)34-4)12-17-9-10-21(32-2)20(13-17)29-26(31)19(28)8-6-7-11-27/h9-10,12-15,19H,6-8,11,27-28H2,1-5H3,(H,29,31)/b16-12+. The monoisotopic (exact) mass is 485 g/mol. The highest BCUT2D eigenvalue weighted by Crippen LogP contribution is 2.38. The third kappa shape index (κ3) is 7.21. The molecule has 35 heavy (non-hydrogen) atoms. The first-order chi connectivity index (χ1) is 16.8. The molecule has 5 N–H and O–H groups in total. The third-order valence-corrected chi connectivity index (χ3v) is 5.46. The summed E-state index contributed by atoms with van der Waals surface area (Å²) in [7, 11) is 6.00. The van der Waals surface area contributed by atoms with Crippen molar-refractivity contribution in [3.63, 3.8) is 0 Å². The molecule has 0 saturated carbocycles. The van der Waals surface area contributed by atoms with Gasteiger partial charge in [0, 0.05) is 5.56 Å². The van der Waals surface area contributed by atoms with Crippen LogP contribution in [0.1, 0.15) is 42.1 Å². The molecule has 190 valence electrons. The number of carbonyl (C=O) groups excluding carboxylic acids is 2. The number of hydrogen-bond donors (Lipinski definition) is 3. The van der Waals surface area contributed by atoms with Crippen molar-refractivity contribution in [2.45, 2.75) is 32.2 Å². The first-order valence-electron chi connectivity index (χ1n) is 11.3. The highest BCUT2D eigenvalue weighted by molar-refractivity contribution is 6.11. The van der Waals surface area contributed by atoms with Crippen molar-refractivity contribution < 1.29 is 28.5 Å². The summed E-state index contributed by atoms with van der Waals surface area (Å²) in [6, 6.07) is 7.79. The van der Waals surface area contributed by atoms with E-state index < -0.39 is 6.04 Å². The van der Waals surface area contributed by atoms with E-state index in [9.17, 15) is 9.59 Å². The van der Waals surface area contributed by atoms with Crippen molar-refractivity contribution >= 4 is 23.5 Å². The minimum Gasteiger partial charge on any atom is -0.495 e. The fourth-order valence-corrected chi connectivity index (χ4v) is 3.53. The van der Waals surface area contributed by atoms with E-state index in [-0.39, 0.29) is 11.7 Å². The van der Waals surface area contributed by atoms with E-state index in [1.807, 2.05) is 0 Å². The number of anilines is 1. The van der Waals surface area contributed by atoms with Crippen LogP contribution in [0.5, 0.6) is 23.0 Å². The number of methoxy groups -OCH3 is 4. The molecule has 0 bridgehead atoms. The number of Topliss-reactive ketones (excluding diaryl/α,β-unsaturated/α-hetero) is 1. The fraction of sp³-hybridized carbons (Fsp3) is 0.385. The Hall–Kier alpha value is -3.56. The van der Waals surface area contributed by atoms with Gasteiger partial charge < -0.3 is 35.7 Å². The van der Waals surface area contributed by atoms with Crippen LogP contribution in [0.15, 0.2) is 35.9 Å². The minimum absolute atomic E-state index is 0.215. The summed E-state index contributed by atoms with van der Waals surface area (Å²) in [5, 5.41) is 2.82. The van der Waals surface area contributed by atoms with Gasteiger partial charge >= 0.3 is 0 Å². The van der Waals surface area contributed by atoms with E-state index in [0.29, 0.717) is 58.4 Å². The fourth-order valence-electron chi connectivity index (χ4n) is 3.53. The lowest BCUT2D eigenvalue weighted by Crippen LogP contribution is -2.35. The van der Waals surface area contributed by atoms with Crippen LogP contribution < -0.4 is 35.7 Å². The van der Waals surface area contributed by atoms with E-state index in [1.165, 1.54) is 28.4 Å². The summed E-state index contributed by atoms with van der Waals surface area (Å²) in [5.74, 6) is 1.14. The number of amides is 1. The first kappa shape index (κ1) is 27.7. The molecule has 0 aliphatic carbocycles. The normalized spacial score (nSPS) is 12.0. The van der Waals surface area contributed by atoms with Gasteiger partial charge in [-0.3, -0.25) is 9.59 Å². The number of benzene rings is 2. The zero-order chi connectivity index (χ0) is 26.0. The summed E-state index contributed by atoms with van der Waals surface area (Å²) in [4.78, 5) is 25.7. The molecule has 1 atom stereocenters. The molecule has 0 saturated heterocycles. The summed E-state index contributed by atoms with van der Waals surface area (Å²) in [5.41, 5.74) is 13.5. The number of carbonyl (C=O) groups is 2. The summed E-state index contributed by atoms with van der Waals surface area (Å²) >= 11 is 0. The minimum atomic E-state index is -0.659. The maximum Gasteiger partial charge on any atom is 0.241 e. The van der Waals surface area contributed by atoms with Crippen LogP contribution in [0.2, 0.25) is 0 Å². The van der Waals surface area contributed by atoms with Crippen LogP contribution in [0.4, 0.5) is 5.69 Å². The van der Waals surface area contributed by atoms with Gasteiger partial charge in [0.15, 0.2) is 17.3 Å². The molecule has 0 aliphatic heterocycles. The van der Waals surface area contributed by atoms with Crippen LogP contribution in [0.3, 0.4) is 0 Å². The molecule has 0 aliphatic rings.